The Morgan fingerprint density at radius 1 is 1.06 bits per heavy atom. The molecule has 5 nitrogen and oxygen atoms in total. The molecule has 7 heteroatoms. The molecule has 0 radical (unpaired) electrons. The Hall–Kier alpha value is -2.67. The number of benzene rings is 2. The van der Waals surface area contributed by atoms with E-state index in [1.54, 1.807) is 24.3 Å². The van der Waals surface area contributed by atoms with Crippen molar-refractivity contribution >= 4 is 29.4 Å². The number of carbonyl (C=O) groups is 3. The molecule has 2 bridgehead atoms. The first kappa shape index (κ1) is 24.5. The van der Waals surface area contributed by atoms with E-state index in [9.17, 15) is 18.8 Å². The first-order chi connectivity index (χ1) is 16.3. The Labute approximate surface area is 203 Å². The molecule has 2 fully saturated rings. The molecule has 2 saturated carbocycles. The number of thioether (sulfide) groups is 1. The summed E-state index contributed by atoms with van der Waals surface area (Å²) in [4.78, 5) is 38.5. The fraction of sp³-hybridized carbons (Fsp3) is 0.444. The molecule has 2 aliphatic carbocycles. The highest BCUT2D eigenvalue weighted by atomic mass is 32.2. The molecule has 0 spiro atoms. The maximum atomic E-state index is 13.1. The number of esters is 1. The van der Waals surface area contributed by atoms with Crippen LogP contribution >= 0.6 is 11.8 Å². The highest BCUT2D eigenvalue weighted by Crippen LogP contribution is 2.49. The SMILES string of the molecule is C[C@H](OC(=O)c1ccccc1SCC(=O)N[C@@H](C)[C@H]1C[C@H]2CC[C@H]1C2)C(=O)c1ccc(F)cc1. The van der Waals surface area contributed by atoms with Gasteiger partial charge in [-0.15, -0.1) is 11.8 Å². The number of fused-ring (bicyclic) bond motifs is 2. The molecule has 0 saturated heterocycles. The van der Waals surface area contributed by atoms with Crippen molar-refractivity contribution in [1.82, 2.24) is 5.32 Å². The van der Waals surface area contributed by atoms with Gasteiger partial charge in [-0.05, 0) is 87.3 Å². The van der Waals surface area contributed by atoms with Crippen LogP contribution in [0.1, 0.15) is 60.2 Å². The largest absolute Gasteiger partial charge is 0.451 e. The van der Waals surface area contributed by atoms with Gasteiger partial charge >= 0.3 is 5.97 Å². The van der Waals surface area contributed by atoms with Crippen LogP contribution in [0.4, 0.5) is 4.39 Å². The molecule has 1 N–H and O–H groups in total. The van der Waals surface area contributed by atoms with Crippen LogP contribution in [-0.4, -0.2) is 35.6 Å². The minimum absolute atomic E-state index is 0.0525. The molecule has 2 aliphatic rings. The van der Waals surface area contributed by atoms with Gasteiger partial charge in [0.1, 0.15) is 5.82 Å². The zero-order valence-electron chi connectivity index (χ0n) is 19.5. The summed E-state index contributed by atoms with van der Waals surface area (Å²) < 4.78 is 18.5. The van der Waals surface area contributed by atoms with Crippen LogP contribution in [-0.2, 0) is 9.53 Å². The zero-order valence-corrected chi connectivity index (χ0v) is 20.3. The normalized spacial score (nSPS) is 22.7. The number of hydrogen-bond donors (Lipinski definition) is 1. The summed E-state index contributed by atoms with van der Waals surface area (Å²) in [7, 11) is 0. The van der Waals surface area contributed by atoms with Gasteiger partial charge in [-0.2, -0.15) is 0 Å². The molecule has 2 aromatic carbocycles. The molecule has 1 amide bonds. The third kappa shape index (κ3) is 5.69. The lowest BCUT2D eigenvalue weighted by molar-refractivity contribution is -0.119. The Bertz CT molecular complexity index is 1060. The number of ketones is 1. The number of hydrogen-bond acceptors (Lipinski definition) is 5. The third-order valence-electron chi connectivity index (χ3n) is 7.07. The summed E-state index contributed by atoms with van der Waals surface area (Å²) in [6, 6.07) is 12.2. The topological polar surface area (TPSA) is 72.5 Å². The number of nitrogens with one attached hydrogen (secondary N) is 1. The van der Waals surface area contributed by atoms with E-state index in [0.717, 1.165) is 11.8 Å². The first-order valence-electron chi connectivity index (χ1n) is 11.8. The van der Waals surface area contributed by atoms with Gasteiger partial charge in [0.15, 0.2) is 6.10 Å². The van der Waals surface area contributed by atoms with Gasteiger partial charge in [-0.1, -0.05) is 18.6 Å². The van der Waals surface area contributed by atoms with Crippen molar-refractivity contribution in [3.8, 4) is 0 Å². The van der Waals surface area contributed by atoms with E-state index >= 15 is 0 Å². The van der Waals surface area contributed by atoms with E-state index in [1.807, 2.05) is 0 Å². The van der Waals surface area contributed by atoms with Crippen LogP contribution in [0.15, 0.2) is 53.4 Å². The van der Waals surface area contributed by atoms with E-state index in [4.69, 9.17) is 4.74 Å². The van der Waals surface area contributed by atoms with E-state index < -0.39 is 23.7 Å². The average molecular weight is 484 g/mol. The predicted octanol–water partition coefficient (Wildman–Crippen LogP) is 5.29. The molecule has 5 atom stereocenters. The maximum Gasteiger partial charge on any atom is 0.339 e. The molecular weight excluding hydrogens is 453 g/mol. The second-order valence-corrected chi connectivity index (χ2v) is 10.4. The molecule has 2 aromatic rings. The van der Waals surface area contributed by atoms with Crippen LogP contribution in [0.2, 0.25) is 0 Å². The summed E-state index contributed by atoms with van der Waals surface area (Å²) in [5, 5.41) is 3.15. The van der Waals surface area contributed by atoms with Crippen LogP contribution in [0.25, 0.3) is 0 Å². The Balaban J connectivity index is 1.32. The molecular formula is C27H30FNO4S. The second-order valence-electron chi connectivity index (χ2n) is 9.40. The minimum atomic E-state index is -1.03. The lowest BCUT2D eigenvalue weighted by Gasteiger charge is -2.28. The van der Waals surface area contributed by atoms with Crippen molar-refractivity contribution in [3.05, 3.63) is 65.5 Å². The third-order valence-corrected chi connectivity index (χ3v) is 8.14. The molecule has 0 aromatic heterocycles. The average Bonchev–Trinajstić information content (AvgIpc) is 3.47. The van der Waals surface area contributed by atoms with Crippen LogP contribution in [0, 0.1) is 23.6 Å². The van der Waals surface area contributed by atoms with Gasteiger partial charge in [0, 0.05) is 16.5 Å². The number of Topliss-reactive ketones (excluding diaryl/α,β-unsaturated/α-hetero) is 1. The lowest BCUT2D eigenvalue weighted by Crippen LogP contribution is -2.40. The van der Waals surface area contributed by atoms with Crippen LogP contribution in [0.5, 0.6) is 0 Å². The summed E-state index contributed by atoms with van der Waals surface area (Å²) in [6.07, 6.45) is 4.10. The van der Waals surface area contributed by atoms with Crippen molar-refractivity contribution in [1.29, 1.82) is 0 Å². The number of halogens is 1. The van der Waals surface area contributed by atoms with E-state index in [1.165, 1.54) is 68.6 Å². The number of amides is 1. The molecule has 180 valence electrons. The van der Waals surface area contributed by atoms with Gasteiger partial charge in [0.2, 0.25) is 11.7 Å². The van der Waals surface area contributed by atoms with Crippen molar-refractivity contribution in [2.45, 2.75) is 56.6 Å². The van der Waals surface area contributed by atoms with Crippen molar-refractivity contribution in [2.75, 3.05) is 5.75 Å². The van der Waals surface area contributed by atoms with Gasteiger partial charge < -0.3 is 10.1 Å². The quantitative estimate of drug-likeness (QED) is 0.298. The zero-order chi connectivity index (χ0) is 24.2. The lowest BCUT2D eigenvalue weighted by atomic mass is 9.84. The summed E-state index contributed by atoms with van der Waals surface area (Å²) >= 11 is 1.28. The smallest absolute Gasteiger partial charge is 0.339 e. The number of ether oxygens (including phenoxy) is 1. The van der Waals surface area contributed by atoms with E-state index in [2.05, 4.69) is 12.2 Å². The molecule has 0 aliphatic heterocycles. The van der Waals surface area contributed by atoms with Crippen molar-refractivity contribution < 1.29 is 23.5 Å². The summed E-state index contributed by atoms with van der Waals surface area (Å²) in [6.45, 7) is 3.59. The Morgan fingerprint density at radius 2 is 1.79 bits per heavy atom. The highest BCUT2D eigenvalue weighted by Gasteiger charge is 2.42. The molecule has 0 unspecified atom stereocenters. The van der Waals surface area contributed by atoms with Gasteiger partial charge in [0.05, 0.1) is 11.3 Å². The monoisotopic (exact) mass is 483 g/mol. The minimum Gasteiger partial charge on any atom is -0.451 e. The number of rotatable bonds is 9. The Kier molecular flexibility index (Phi) is 7.71. The van der Waals surface area contributed by atoms with E-state index in [0.29, 0.717) is 16.4 Å². The first-order valence-corrected chi connectivity index (χ1v) is 12.8. The Morgan fingerprint density at radius 3 is 2.47 bits per heavy atom. The van der Waals surface area contributed by atoms with Crippen LogP contribution in [0.3, 0.4) is 0 Å². The number of carbonyl (C=O) groups excluding carboxylic acids is 3. The maximum absolute atomic E-state index is 13.1. The van der Waals surface area contributed by atoms with E-state index in [-0.39, 0.29) is 23.3 Å². The van der Waals surface area contributed by atoms with Gasteiger partial charge in [-0.25, -0.2) is 9.18 Å². The fourth-order valence-corrected chi connectivity index (χ4v) is 6.19. The molecule has 34 heavy (non-hydrogen) atoms. The van der Waals surface area contributed by atoms with Crippen molar-refractivity contribution in [3.63, 3.8) is 0 Å². The second kappa shape index (κ2) is 10.7. The fourth-order valence-electron chi connectivity index (χ4n) is 5.34. The standard InChI is InChI=1S/C27H30FNO4S/c1-16(23-14-18-7-8-20(23)13-18)29-25(30)15-34-24-6-4-3-5-22(24)27(32)33-17(2)26(31)19-9-11-21(28)12-10-19/h3-6,9-12,16-18,20,23H,7-8,13-15H2,1-2H3,(H,29,30)/t16-,17-,18-,20-,23+/m0/s1. The van der Waals surface area contributed by atoms with Gasteiger partial charge in [-0.3, -0.25) is 9.59 Å². The van der Waals surface area contributed by atoms with Crippen molar-refractivity contribution in [2.24, 2.45) is 17.8 Å². The summed E-state index contributed by atoms with van der Waals surface area (Å²) in [5.74, 6) is 0.787. The van der Waals surface area contributed by atoms with Gasteiger partial charge in [0.25, 0.3) is 0 Å². The summed E-state index contributed by atoms with van der Waals surface area (Å²) in [5.41, 5.74) is 0.575. The molecule has 4 rings (SSSR count). The molecule has 0 heterocycles. The van der Waals surface area contributed by atoms with Crippen LogP contribution < -0.4 is 5.32 Å². The highest BCUT2D eigenvalue weighted by molar-refractivity contribution is 8.00. The predicted molar refractivity (Wildman–Crippen MR) is 129 cm³/mol.